The number of hydrogen-bond donors (Lipinski definition) is 2. The van der Waals surface area contributed by atoms with Crippen molar-refractivity contribution in [2.45, 2.75) is 138 Å². The fourth-order valence-corrected chi connectivity index (χ4v) is 9.21. The number of carbonyl (C=O) groups excluding carboxylic acids is 2. The number of carboxylic acid groups (broad SMARTS) is 1. The summed E-state index contributed by atoms with van der Waals surface area (Å²) in [4.78, 5) is 41.3. The number of rotatable bonds is 7. The first kappa shape index (κ1) is 52.4. The third kappa shape index (κ3) is 16.6. The van der Waals surface area contributed by atoms with Crippen LogP contribution in [0.1, 0.15) is 89.7 Å². The summed E-state index contributed by atoms with van der Waals surface area (Å²) in [5, 5.41) is 11.8. The number of esters is 1. The topological polar surface area (TPSA) is 112 Å². The molecule has 0 aliphatic carbocycles. The quantitative estimate of drug-likeness (QED) is 0.121. The van der Waals surface area contributed by atoms with Gasteiger partial charge in [-0.1, -0.05) is 97.1 Å². The van der Waals surface area contributed by atoms with Gasteiger partial charge in [0.15, 0.2) is 0 Å². The van der Waals surface area contributed by atoms with E-state index in [1.54, 1.807) is 6.92 Å². The zero-order valence-corrected chi connectivity index (χ0v) is 44.8. The molecule has 6 saturated heterocycles. The van der Waals surface area contributed by atoms with E-state index in [0.717, 1.165) is 47.2 Å². The molecule has 0 saturated carbocycles. The van der Waals surface area contributed by atoms with Gasteiger partial charge < -0.3 is 26.8 Å². The summed E-state index contributed by atoms with van der Waals surface area (Å²) in [6, 6.07) is 22.9. The molecule has 2 N–H and O–H groups in total. The Kier molecular flexibility index (Phi) is 24.6. The molecular weight excluding hydrogens is 1230 g/mol. The van der Waals surface area contributed by atoms with E-state index < -0.39 is 5.97 Å². The molecule has 2 aromatic rings. The number of nitrogens with zero attached hydrogens (tertiary/aromatic N) is 3. The Morgan fingerprint density at radius 2 is 1.09 bits per heavy atom. The number of hydrogen-bond acceptors (Lipinski definition) is 8. The van der Waals surface area contributed by atoms with Crippen molar-refractivity contribution < 1.29 is 33.9 Å². The minimum atomic E-state index is -0.607. The van der Waals surface area contributed by atoms with Crippen LogP contribution in [0, 0.1) is 18.8 Å². The number of nitrogens with one attached hydrogen (secondary N) is 1. The number of halogens is 4. The Hall–Kier alpha value is 0.0344. The zero-order chi connectivity index (χ0) is 42.9. The molecule has 6 fully saturated rings. The van der Waals surface area contributed by atoms with Gasteiger partial charge in [0, 0.05) is 46.2 Å². The number of benzene rings is 2. The van der Waals surface area contributed by atoms with Crippen LogP contribution in [0.15, 0.2) is 60.7 Å². The van der Waals surface area contributed by atoms with Gasteiger partial charge in [-0.25, -0.2) is 4.79 Å². The molecule has 6 aliphatic heterocycles. The number of aliphatic carboxylic acids is 1. The monoisotopic (exact) mass is 1290 g/mol. The van der Waals surface area contributed by atoms with Gasteiger partial charge in [-0.2, -0.15) is 6.92 Å². The molecular formula is C43H64I4N4O6V-. The predicted octanol–water partition coefficient (Wildman–Crippen LogP) is 10.2. The third-order valence-corrected chi connectivity index (χ3v) is 12.0. The van der Waals surface area contributed by atoms with Gasteiger partial charge in [0.25, 0.3) is 0 Å². The summed E-state index contributed by atoms with van der Waals surface area (Å²) < 4.78 is 11.5. The number of alkyl halides is 1. The SMILES string of the molecule is CC(C)I.CN1C2CCC1C(C(=O)O)C2.CN1C2CCC1C(C(=O)OCc1ccccc1)C2.CN1C2CCC1C(NC(=O)OCc1ccccc1)C2.[CH2-]C.[I][V]([I])[I]. The Labute approximate surface area is 399 Å². The van der Waals surface area contributed by atoms with Crippen molar-refractivity contribution in [2.24, 2.45) is 11.8 Å². The van der Waals surface area contributed by atoms with Crippen LogP contribution in [-0.4, -0.2) is 105 Å². The van der Waals surface area contributed by atoms with E-state index in [-0.39, 0.29) is 34.9 Å². The number of likely N-dealkylation sites (N-methyl/N-ethyl adjacent to an activating group) is 1. The van der Waals surface area contributed by atoms with Gasteiger partial charge in [0.05, 0.1) is 11.8 Å². The molecule has 6 bridgehead atoms. The van der Waals surface area contributed by atoms with E-state index in [2.05, 4.69) is 137 Å². The molecule has 1 amide bonds. The second-order valence-electron chi connectivity index (χ2n) is 15.8. The number of amides is 1. The van der Waals surface area contributed by atoms with Crippen LogP contribution in [0.4, 0.5) is 4.79 Å². The van der Waals surface area contributed by atoms with Crippen molar-refractivity contribution in [3.63, 3.8) is 0 Å². The molecule has 10 nitrogen and oxygen atoms in total. The average molecular weight is 1290 g/mol. The number of carbonyl (C=O) groups is 3. The molecule has 6 heterocycles. The molecule has 0 spiro atoms. The summed E-state index contributed by atoms with van der Waals surface area (Å²) in [5.74, 6) is -0.613. The molecule has 2 aromatic carbocycles. The molecule has 9 atom stereocenters. The molecule has 6 aliphatic rings. The van der Waals surface area contributed by atoms with Crippen LogP contribution in [0.5, 0.6) is 0 Å². The van der Waals surface area contributed by atoms with Crippen molar-refractivity contribution >= 4 is 101 Å². The van der Waals surface area contributed by atoms with Gasteiger partial charge in [0.2, 0.25) is 0 Å². The van der Waals surface area contributed by atoms with Crippen molar-refractivity contribution in [2.75, 3.05) is 21.1 Å². The number of fused-ring (bicyclic) bond motifs is 6. The first-order chi connectivity index (χ1) is 27.7. The van der Waals surface area contributed by atoms with E-state index in [0.29, 0.717) is 49.5 Å². The van der Waals surface area contributed by atoms with E-state index in [1.165, 1.54) is 25.7 Å². The molecule has 326 valence electrons. The predicted molar refractivity (Wildman–Crippen MR) is 264 cm³/mol. The Morgan fingerprint density at radius 3 is 1.41 bits per heavy atom. The minimum absolute atomic E-state index is 0.0158. The van der Waals surface area contributed by atoms with Crippen molar-refractivity contribution in [1.29, 1.82) is 0 Å². The fourth-order valence-electron chi connectivity index (χ4n) is 9.21. The van der Waals surface area contributed by atoms with Gasteiger partial charge in [-0.15, -0.1) is 0 Å². The number of ether oxygens (including phenoxy) is 2. The van der Waals surface area contributed by atoms with Crippen molar-refractivity contribution in [1.82, 2.24) is 20.0 Å². The molecule has 58 heavy (non-hydrogen) atoms. The second kappa shape index (κ2) is 27.3. The standard InChI is InChI=1S/C15H20N2O2.C15H19NO2.C8H13NO2.C3H7I.C2H5.3HI.V/c1-17-12-7-8-14(17)13(9-12)16-15(18)19-10-11-5-3-2-4-6-11;1-16-12-7-8-14(16)13(9-12)15(17)18-10-11-5-3-2-4-6-11;1-9-5-2-3-7(9)6(4-5)8(10)11;1-3(2)4;1-2;;;;/h2-6,12-14H,7-10H2,1H3,(H,16,18);2-6,12-14H,7-10H2,1H3;5-7H,2-4H2,1H3,(H,10,11);3H,1-2H3;1H2,2H3;3*1H;/q;;;;-1;;;;+3/p-3. The molecule has 15 heteroatoms. The van der Waals surface area contributed by atoms with E-state index in [1.807, 2.05) is 67.7 Å². The summed E-state index contributed by atoms with van der Waals surface area (Å²) in [6.07, 6.45) is 9.73. The number of carboxylic acids is 1. The van der Waals surface area contributed by atoms with Gasteiger partial charge >= 0.3 is 82.9 Å². The molecule has 0 aromatic heterocycles. The summed E-state index contributed by atoms with van der Waals surface area (Å²) >= 11 is 9.73. The van der Waals surface area contributed by atoms with Crippen molar-refractivity contribution in [3.05, 3.63) is 78.7 Å². The summed E-state index contributed by atoms with van der Waals surface area (Å²) in [7, 11) is 6.33. The zero-order valence-electron chi connectivity index (χ0n) is 34.8. The first-order valence-corrected chi connectivity index (χ1v) is 35.1. The molecule has 8 rings (SSSR count). The fraction of sp³-hybridized carbons (Fsp3) is 0.628. The van der Waals surface area contributed by atoms with E-state index >= 15 is 0 Å². The van der Waals surface area contributed by atoms with Crippen LogP contribution in [0.3, 0.4) is 0 Å². The second-order valence-corrected chi connectivity index (χ2v) is 53.6. The van der Waals surface area contributed by atoms with Crippen LogP contribution in [0.2, 0.25) is 0 Å². The van der Waals surface area contributed by atoms with Crippen LogP contribution >= 0.6 is 82.5 Å². The van der Waals surface area contributed by atoms with Gasteiger partial charge in [-0.05, 0) is 90.1 Å². The number of alkyl carbamates (subject to hydrolysis) is 1. The first-order valence-electron chi connectivity index (χ1n) is 20.3. The summed E-state index contributed by atoms with van der Waals surface area (Å²) in [5.41, 5.74) is 2.07. The van der Waals surface area contributed by atoms with E-state index in [4.69, 9.17) is 14.6 Å². The van der Waals surface area contributed by atoms with Gasteiger partial charge in [-0.3, -0.25) is 24.3 Å². The van der Waals surface area contributed by atoms with Gasteiger partial charge in [0.1, 0.15) is 13.2 Å². The van der Waals surface area contributed by atoms with E-state index in [9.17, 15) is 14.4 Å². The van der Waals surface area contributed by atoms with Crippen LogP contribution in [0.25, 0.3) is 0 Å². The summed E-state index contributed by atoms with van der Waals surface area (Å²) in [6.45, 7) is 10.0. The Morgan fingerprint density at radius 1 is 0.707 bits per heavy atom. The third-order valence-electron chi connectivity index (χ3n) is 12.0. The normalized spacial score (nSPS) is 28.7. The van der Waals surface area contributed by atoms with Crippen LogP contribution in [-0.2, 0) is 37.2 Å². The molecule has 0 radical (unpaired) electrons. The maximum absolute atomic E-state index is 12.1. The average Bonchev–Trinajstić information content (AvgIpc) is 4.06. The Balaban J connectivity index is 0.000000213. The van der Waals surface area contributed by atoms with Crippen LogP contribution < -0.4 is 5.32 Å². The molecule has 9 unspecified atom stereocenters. The van der Waals surface area contributed by atoms with Crippen molar-refractivity contribution in [3.8, 4) is 0 Å². The Bertz CT molecular complexity index is 1510. The maximum atomic E-state index is 12.1.